The third-order valence-electron chi connectivity index (χ3n) is 4.14. The molecule has 0 saturated heterocycles. The number of nitro groups is 1. The van der Waals surface area contributed by atoms with Crippen molar-refractivity contribution < 1.29 is 14.5 Å². The number of ether oxygens (including phenoxy) is 1. The Morgan fingerprint density at radius 1 is 1.27 bits per heavy atom. The van der Waals surface area contributed by atoms with Crippen LogP contribution in [-0.2, 0) is 0 Å². The summed E-state index contributed by atoms with van der Waals surface area (Å²) in [5, 5.41) is 17.2. The first-order valence-corrected chi connectivity index (χ1v) is 8.56. The van der Waals surface area contributed by atoms with E-state index in [0.29, 0.717) is 24.4 Å². The lowest BCUT2D eigenvalue weighted by Crippen LogP contribution is -2.25. The quantitative estimate of drug-likeness (QED) is 0.430. The van der Waals surface area contributed by atoms with Crippen LogP contribution < -0.4 is 15.4 Å². The van der Waals surface area contributed by atoms with Gasteiger partial charge in [0.1, 0.15) is 18.0 Å². The molecule has 2 aromatic carbocycles. The highest BCUT2D eigenvalue weighted by atomic mass is 16.6. The number of para-hydroxylation sites is 1. The molecule has 0 unspecified atom stereocenters. The van der Waals surface area contributed by atoms with E-state index in [4.69, 9.17) is 4.74 Å². The summed E-state index contributed by atoms with van der Waals surface area (Å²) in [5.41, 5.74) is 1.57. The summed E-state index contributed by atoms with van der Waals surface area (Å²) < 4.78 is 5.68. The third kappa shape index (κ3) is 4.50. The number of nitro benzene ring substituents is 1. The lowest BCUT2D eigenvalue weighted by atomic mass is 10.1. The van der Waals surface area contributed by atoms with Gasteiger partial charge >= 0.3 is 0 Å². The van der Waals surface area contributed by atoms with Crippen molar-refractivity contribution in [1.29, 1.82) is 0 Å². The highest BCUT2D eigenvalue weighted by Gasteiger charge is 2.25. The second kappa shape index (κ2) is 7.86. The molecular weight excluding hydrogens is 334 g/mol. The van der Waals surface area contributed by atoms with Gasteiger partial charge in [-0.2, -0.15) is 0 Å². The number of hydrogen-bond acceptors (Lipinski definition) is 5. The Balaban J connectivity index is 1.60. The van der Waals surface area contributed by atoms with Gasteiger partial charge in [0.2, 0.25) is 0 Å². The monoisotopic (exact) mass is 355 g/mol. The average molecular weight is 355 g/mol. The molecule has 1 amide bonds. The van der Waals surface area contributed by atoms with Crippen LogP contribution in [0, 0.1) is 17.0 Å². The number of carbonyl (C=O) groups excluding carboxylic acids is 1. The van der Waals surface area contributed by atoms with Crippen LogP contribution in [-0.4, -0.2) is 30.0 Å². The van der Waals surface area contributed by atoms with Gasteiger partial charge in [0.05, 0.1) is 4.92 Å². The summed E-state index contributed by atoms with van der Waals surface area (Å²) in [6.45, 7) is 2.73. The second-order valence-corrected chi connectivity index (χ2v) is 6.28. The van der Waals surface area contributed by atoms with Gasteiger partial charge < -0.3 is 15.4 Å². The van der Waals surface area contributed by atoms with Gasteiger partial charge in [0, 0.05) is 24.2 Å². The fourth-order valence-corrected chi connectivity index (χ4v) is 2.53. The van der Waals surface area contributed by atoms with E-state index in [1.165, 1.54) is 6.07 Å². The molecule has 0 atom stereocenters. The van der Waals surface area contributed by atoms with Crippen LogP contribution in [0.1, 0.15) is 28.8 Å². The molecule has 1 aliphatic rings. The molecule has 1 aliphatic carbocycles. The van der Waals surface area contributed by atoms with Crippen LogP contribution in [0.3, 0.4) is 0 Å². The minimum absolute atomic E-state index is 0.121. The van der Waals surface area contributed by atoms with Gasteiger partial charge in [-0.3, -0.25) is 14.9 Å². The Morgan fingerprint density at radius 3 is 2.73 bits per heavy atom. The summed E-state index contributed by atoms with van der Waals surface area (Å²) in [4.78, 5) is 22.9. The summed E-state index contributed by atoms with van der Waals surface area (Å²) in [6, 6.07) is 12.3. The fraction of sp³-hybridized carbons (Fsp3) is 0.316. The standard InChI is InChI=1S/C19H21N3O4/c1-13-4-2-3-5-18(13)26-11-10-20-16-9-6-14(12-17(16)22(24)25)19(23)21-15-7-8-15/h2-6,9,12,15,20H,7-8,10-11H2,1H3,(H,21,23). The van der Waals surface area contributed by atoms with E-state index in [2.05, 4.69) is 10.6 Å². The number of rotatable bonds is 8. The summed E-state index contributed by atoms with van der Waals surface area (Å²) >= 11 is 0. The van der Waals surface area contributed by atoms with Crippen molar-refractivity contribution >= 4 is 17.3 Å². The fourth-order valence-electron chi connectivity index (χ4n) is 2.53. The molecule has 0 aliphatic heterocycles. The van der Waals surface area contributed by atoms with Crippen LogP contribution in [0.25, 0.3) is 0 Å². The molecule has 0 spiro atoms. The normalized spacial score (nSPS) is 13.1. The molecule has 26 heavy (non-hydrogen) atoms. The number of nitrogens with one attached hydrogen (secondary N) is 2. The maximum absolute atomic E-state index is 12.1. The average Bonchev–Trinajstić information content (AvgIpc) is 3.44. The highest BCUT2D eigenvalue weighted by Crippen LogP contribution is 2.26. The zero-order valence-corrected chi connectivity index (χ0v) is 14.5. The number of aryl methyl sites for hydroxylation is 1. The molecule has 136 valence electrons. The summed E-state index contributed by atoms with van der Waals surface area (Å²) in [6.07, 6.45) is 1.93. The number of nitrogens with zero attached hydrogens (tertiary/aromatic N) is 1. The van der Waals surface area contributed by atoms with E-state index in [1.807, 2.05) is 31.2 Å². The van der Waals surface area contributed by atoms with Crippen LogP contribution in [0.2, 0.25) is 0 Å². The first kappa shape index (κ1) is 17.7. The molecule has 1 fully saturated rings. The van der Waals surface area contributed by atoms with Crippen LogP contribution in [0.15, 0.2) is 42.5 Å². The topological polar surface area (TPSA) is 93.5 Å². The van der Waals surface area contributed by atoms with Gasteiger partial charge in [-0.15, -0.1) is 0 Å². The zero-order valence-electron chi connectivity index (χ0n) is 14.5. The van der Waals surface area contributed by atoms with Crippen molar-refractivity contribution in [2.75, 3.05) is 18.5 Å². The molecule has 0 aromatic heterocycles. The summed E-state index contributed by atoms with van der Waals surface area (Å²) in [7, 11) is 0. The van der Waals surface area contributed by atoms with E-state index in [0.717, 1.165) is 24.2 Å². The smallest absolute Gasteiger partial charge is 0.293 e. The molecule has 7 heteroatoms. The molecule has 7 nitrogen and oxygen atoms in total. The van der Waals surface area contributed by atoms with E-state index < -0.39 is 4.92 Å². The lowest BCUT2D eigenvalue weighted by molar-refractivity contribution is -0.384. The number of hydrogen-bond donors (Lipinski definition) is 2. The SMILES string of the molecule is Cc1ccccc1OCCNc1ccc(C(=O)NC2CC2)cc1[N+](=O)[O-]. The van der Waals surface area contributed by atoms with E-state index in [9.17, 15) is 14.9 Å². The van der Waals surface area contributed by atoms with Crippen molar-refractivity contribution in [3.05, 3.63) is 63.7 Å². The van der Waals surface area contributed by atoms with Crippen molar-refractivity contribution in [2.45, 2.75) is 25.8 Å². The highest BCUT2D eigenvalue weighted by molar-refractivity contribution is 5.96. The molecule has 0 radical (unpaired) electrons. The predicted molar refractivity (Wildman–Crippen MR) is 98.7 cm³/mol. The van der Waals surface area contributed by atoms with Crippen molar-refractivity contribution in [3.8, 4) is 5.75 Å². The maximum Gasteiger partial charge on any atom is 0.293 e. The predicted octanol–water partition coefficient (Wildman–Crippen LogP) is 3.29. The Kier molecular flexibility index (Phi) is 5.36. The van der Waals surface area contributed by atoms with Gasteiger partial charge in [0.25, 0.3) is 11.6 Å². The van der Waals surface area contributed by atoms with Gasteiger partial charge in [-0.1, -0.05) is 18.2 Å². The van der Waals surface area contributed by atoms with Crippen LogP contribution >= 0.6 is 0 Å². The molecule has 1 saturated carbocycles. The third-order valence-corrected chi connectivity index (χ3v) is 4.14. The molecular formula is C19H21N3O4. The Labute approximate surface area is 151 Å². The Bertz CT molecular complexity index is 818. The zero-order chi connectivity index (χ0) is 18.5. The number of anilines is 1. The minimum atomic E-state index is -0.488. The van der Waals surface area contributed by atoms with E-state index >= 15 is 0 Å². The maximum atomic E-state index is 12.1. The van der Waals surface area contributed by atoms with Gasteiger partial charge in [-0.05, 0) is 43.5 Å². The lowest BCUT2D eigenvalue weighted by Gasteiger charge is -2.11. The molecule has 0 bridgehead atoms. The van der Waals surface area contributed by atoms with Crippen molar-refractivity contribution in [3.63, 3.8) is 0 Å². The largest absolute Gasteiger partial charge is 0.491 e. The molecule has 2 N–H and O–H groups in total. The number of carbonyl (C=O) groups is 1. The van der Waals surface area contributed by atoms with E-state index in [-0.39, 0.29) is 17.6 Å². The van der Waals surface area contributed by atoms with Crippen LogP contribution in [0.5, 0.6) is 5.75 Å². The van der Waals surface area contributed by atoms with Crippen molar-refractivity contribution in [1.82, 2.24) is 5.32 Å². The molecule has 0 heterocycles. The number of amides is 1. The first-order chi connectivity index (χ1) is 12.5. The molecule has 2 aromatic rings. The van der Waals surface area contributed by atoms with Gasteiger partial charge in [0.15, 0.2) is 0 Å². The first-order valence-electron chi connectivity index (χ1n) is 8.56. The van der Waals surface area contributed by atoms with E-state index in [1.54, 1.807) is 12.1 Å². The minimum Gasteiger partial charge on any atom is -0.491 e. The second-order valence-electron chi connectivity index (χ2n) is 6.28. The van der Waals surface area contributed by atoms with Crippen molar-refractivity contribution in [2.24, 2.45) is 0 Å². The van der Waals surface area contributed by atoms with Gasteiger partial charge in [-0.25, -0.2) is 0 Å². The summed E-state index contributed by atoms with van der Waals surface area (Å²) in [5.74, 6) is 0.515. The number of benzene rings is 2. The Hall–Kier alpha value is -3.09. The molecule has 3 rings (SSSR count). The van der Waals surface area contributed by atoms with Crippen LogP contribution in [0.4, 0.5) is 11.4 Å². The Morgan fingerprint density at radius 2 is 2.04 bits per heavy atom.